The number of aromatic nitrogens is 5. The lowest BCUT2D eigenvalue weighted by Crippen LogP contribution is -2.15. The molecule has 0 fully saturated rings. The van der Waals surface area contributed by atoms with Gasteiger partial charge in [-0.1, -0.05) is 48.0 Å². The number of rotatable bonds is 5. The van der Waals surface area contributed by atoms with Crippen molar-refractivity contribution < 1.29 is 4.79 Å². The number of benzene rings is 2. The van der Waals surface area contributed by atoms with E-state index >= 15 is 0 Å². The zero-order valence-electron chi connectivity index (χ0n) is 16.6. The van der Waals surface area contributed by atoms with Crippen molar-refractivity contribution in [2.24, 2.45) is 0 Å². The van der Waals surface area contributed by atoms with Gasteiger partial charge in [-0.15, -0.1) is 5.10 Å². The molecule has 2 aromatic heterocycles. The molecule has 0 aliphatic rings. The van der Waals surface area contributed by atoms with Crippen LogP contribution in [-0.4, -0.2) is 30.5 Å². The van der Waals surface area contributed by atoms with Gasteiger partial charge in [-0.05, 0) is 38.5 Å². The molecule has 2 heterocycles. The average molecular weight is 386 g/mol. The normalized spacial score (nSPS) is 10.9. The maximum absolute atomic E-state index is 12.9. The van der Waals surface area contributed by atoms with E-state index in [2.05, 4.69) is 51.7 Å². The van der Waals surface area contributed by atoms with Gasteiger partial charge in [-0.25, -0.2) is 14.3 Å². The van der Waals surface area contributed by atoms with Crippen LogP contribution in [0, 0.1) is 20.8 Å². The molecule has 4 rings (SSSR count). The van der Waals surface area contributed by atoms with Crippen LogP contribution in [-0.2, 0) is 6.54 Å². The van der Waals surface area contributed by atoms with Crippen LogP contribution >= 0.6 is 0 Å². The minimum absolute atomic E-state index is 0.268. The Hall–Kier alpha value is -3.74. The largest absolute Gasteiger partial charge is 0.289 e. The fourth-order valence-electron chi connectivity index (χ4n) is 3.26. The predicted octanol–water partition coefficient (Wildman–Crippen LogP) is 3.69. The molecule has 4 aromatic rings. The molecule has 0 bridgehead atoms. The van der Waals surface area contributed by atoms with Crippen LogP contribution in [0.4, 0.5) is 5.95 Å². The van der Waals surface area contributed by atoms with Crippen LogP contribution < -0.4 is 5.32 Å². The Balaban J connectivity index is 1.51. The summed E-state index contributed by atoms with van der Waals surface area (Å²) in [6.07, 6.45) is 1.61. The molecule has 0 unspecified atom stereocenters. The first-order valence-corrected chi connectivity index (χ1v) is 9.39. The summed E-state index contributed by atoms with van der Waals surface area (Å²) in [6.45, 7) is 6.35. The van der Waals surface area contributed by atoms with Crippen molar-refractivity contribution in [3.05, 3.63) is 89.0 Å². The Morgan fingerprint density at radius 3 is 2.41 bits per heavy atom. The fourth-order valence-corrected chi connectivity index (χ4v) is 3.26. The van der Waals surface area contributed by atoms with E-state index in [1.54, 1.807) is 15.7 Å². The maximum atomic E-state index is 12.9. The Kier molecular flexibility index (Phi) is 4.95. The van der Waals surface area contributed by atoms with Crippen LogP contribution in [0.3, 0.4) is 0 Å². The van der Waals surface area contributed by atoms with Gasteiger partial charge in [-0.2, -0.15) is 5.10 Å². The van der Waals surface area contributed by atoms with Crippen molar-refractivity contribution in [2.45, 2.75) is 27.3 Å². The molecule has 0 spiro atoms. The Morgan fingerprint density at radius 2 is 1.69 bits per heavy atom. The zero-order chi connectivity index (χ0) is 20.4. The smallest absolute Gasteiger partial charge is 0.261 e. The number of carbonyl (C=O) groups is 1. The van der Waals surface area contributed by atoms with Crippen molar-refractivity contribution in [3.63, 3.8) is 0 Å². The first kappa shape index (κ1) is 18.6. The second-order valence-corrected chi connectivity index (χ2v) is 7.00. The molecule has 0 aliphatic heterocycles. The quantitative estimate of drug-likeness (QED) is 0.567. The van der Waals surface area contributed by atoms with Gasteiger partial charge in [0.15, 0.2) is 0 Å². The lowest BCUT2D eigenvalue weighted by molar-refractivity contribution is 0.102. The lowest BCUT2D eigenvalue weighted by Gasteiger charge is -2.05. The molecule has 0 aliphatic carbocycles. The van der Waals surface area contributed by atoms with Crippen molar-refractivity contribution in [3.8, 4) is 5.69 Å². The number of aryl methyl sites for hydroxylation is 2. The van der Waals surface area contributed by atoms with E-state index in [1.165, 1.54) is 5.56 Å². The molecule has 29 heavy (non-hydrogen) atoms. The molecule has 7 heteroatoms. The molecule has 0 saturated heterocycles. The Labute approximate surface area is 169 Å². The van der Waals surface area contributed by atoms with Crippen molar-refractivity contribution >= 4 is 11.9 Å². The summed E-state index contributed by atoms with van der Waals surface area (Å²) in [4.78, 5) is 17.1. The lowest BCUT2D eigenvalue weighted by atomic mass is 10.1. The third-order valence-electron chi connectivity index (χ3n) is 4.75. The standard InChI is InChI=1S/C22H22N6O/c1-15-9-11-18(12-10-15)13-27-14-23-22(26-27)24-21(29)20-16(2)25-28(17(20)3)19-7-5-4-6-8-19/h4-12,14H,13H2,1-3H3,(H,24,26,29). The molecule has 7 nitrogen and oxygen atoms in total. The molecule has 1 N–H and O–H groups in total. The third kappa shape index (κ3) is 3.94. The molecule has 1 amide bonds. The Bertz CT molecular complexity index is 1140. The van der Waals surface area contributed by atoms with Gasteiger partial charge < -0.3 is 0 Å². The number of para-hydroxylation sites is 1. The number of hydrogen-bond acceptors (Lipinski definition) is 4. The second-order valence-electron chi connectivity index (χ2n) is 7.00. The van der Waals surface area contributed by atoms with E-state index in [0.29, 0.717) is 17.8 Å². The van der Waals surface area contributed by atoms with Gasteiger partial charge in [-0.3, -0.25) is 10.1 Å². The molecular weight excluding hydrogens is 364 g/mol. The Morgan fingerprint density at radius 1 is 0.966 bits per heavy atom. The summed E-state index contributed by atoms with van der Waals surface area (Å²) in [5, 5.41) is 11.7. The highest BCUT2D eigenvalue weighted by Crippen LogP contribution is 2.19. The average Bonchev–Trinajstić information content (AvgIpc) is 3.27. The van der Waals surface area contributed by atoms with Crippen LogP contribution in [0.5, 0.6) is 0 Å². The SMILES string of the molecule is Cc1ccc(Cn2cnc(NC(=O)c3c(C)nn(-c4ccccc4)c3C)n2)cc1. The van der Waals surface area contributed by atoms with Crippen LogP contribution in [0.1, 0.15) is 32.9 Å². The van der Waals surface area contributed by atoms with E-state index in [4.69, 9.17) is 0 Å². The van der Waals surface area contributed by atoms with Crippen LogP contribution in [0.2, 0.25) is 0 Å². The van der Waals surface area contributed by atoms with E-state index in [0.717, 1.165) is 16.9 Å². The summed E-state index contributed by atoms with van der Waals surface area (Å²) < 4.78 is 3.47. The molecule has 2 aromatic carbocycles. The summed E-state index contributed by atoms with van der Waals surface area (Å²) in [5.74, 6) is 0.00337. The topological polar surface area (TPSA) is 77.6 Å². The highest BCUT2D eigenvalue weighted by molar-refractivity contribution is 6.05. The summed E-state index contributed by atoms with van der Waals surface area (Å²) >= 11 is 0. The van der Waals surface area contributed by atoms with E-state index in [1.807, 2.05) is 44.2 Å². The number of carbonyl (C=O) groups excluding carboxylic acids is 1. The number of amides is 1. The number of nitrogens with zero attached hydrogens (tertiary/aromatic N) is 5. The van der Waals surface area contributed by atoms with Crippen molar-refractivity contribution in [2.75, 3.05) is 5.32 Å². The zero-order valence-corrected chi connectivity index (χ0v) is 16.6. The predicted molar refractivity (Wildman–Crippen MR) is 111 cm³/mol. The van der Waals surface area contributed by atoms with E-state index < -0.39 is 0 Å². The molecule has 0 saturated carbocycles. The fraction of sp³-hybridized carbons (Fsp3) is 0.182. The van der Waals surface area contributed by atoms with E-state index in [9.17, 15) is 4.79 Å². The first-order chi connectivity index (χ1) is 14.0. The van der Waals surface area contributed by atoms with Crippen molar-refractivity contribution in [1.82, 2.24) is 24.5 Å². The highest BCUT2D eigenvalue weighted by atomic mass is 16.1. The van der Waals surface area contributed by atoms with Gasteiger partial charge in [0.2, 0.25) is 5.95 Å². The minimum atomic E-state index is -0.268. The summed E-state index contributed by atoms with van der Waals surface area (Å²) in [5.41, 5.74) is 5.20. The minimum Gasteiger partial charge on any atom is -0.289 e. The van der Waals surface area contributed by atoms with Crippen LogP contribution in [0.25, 0.3) is 5.69 Å². The number of anilines is 1. The third-order valence-corrected chi connectivity index (χ3v) is 4.75. The van der Waals surface area contributed by atoms with Gasteiger partial charge in [0, 0.05) is 0 Å². The van der Waals surface area contributed by atoms with E-state index in [-0.39, 0.29) is 11.9 Å². The highest BCUT2D eigenvalue weighted by Gasteiger charge is 2.20. The monoisotopic (exact) mass is 386 g/mol. The first-order valence-electron chi connectivity index (χ1n) is 9.39. The molecule has 146 valence electrons. The maximum Gasteiger partial charge on any atom is 0.261 e. The summed E-state index contributed by atoms with van der Waals surface area (Å²) in [6, 6.07) is 18.0. The van der Waals surface area contributed by atoms with Gasteiger partial charge >= 0.3 is 0 Å². The number of hydrogen-bond donors (Lipinski definition) is 1. The van der Waals surface area contributed by atoms with Gasteiger partial charge in [0.25, 0.3) is 5.91 Å². The second kappa shape index (κ2) is 7.71. The molecular formula is C22H22N6O. The van der Waals surface area contributed by atoms with Gasteiger partial charge in [0.05, 0.1) is 29.2 Å². The molecule has 0 radical (unpaired) electrons. The molecule has 0 atom stereocenters. The van der Waals surface area contributed by atoms with Crippen LogP contribution in [0.15, 0.2) is 60.9 Å². The summed E-state index contributed by atoms with van der Waals surface area (Å²) in [7, 11) is 0. The van der Waals surface area contributed by atoms with Crippen molar-refractivity contribution in [1.29, 1.82) is 0 Å². The van der Waals surface area contributed by atoms with Gasteiger partial charge in [0.1, 0.15) is 6.33 Å². The number of nitrogens with one attached hydrogen (secondary N) is 1.